The van der Waals surface area contributed by atoms with Gasteiger partial charge in [0, 0.05) is 34.5 Å². The fourth-order valence-corrected chi connectivity index (χ4v) is 6.38. The molecule has 0 radical (unpaired) electrons. The maximum atomic E-state index is 2.44. The summed E-state index contributed by atoms with van der Waals surface area (Å²) in [4.78, 5) is 0. The van der Waals surface area contributed by atoms with E-state index in [9.17, 15) is 0 Å². The molecule has 21 heavy (non-hydrogen) atoms. The van der Waals surface area contributed by atoms with Crippen LogP contribution < -0.4 is 0 Å². The first-order chi connectivity index (χ1) is 10.3. The minimum absolute atomic E-state index is 1.35. The Kier molecular flexibility index (Phi) is 2.60. The van der Waals surface area contributed by atoms with E-state index in [1.165, 1.54) is 43.9 Å². The molecule has 3 aromatic carbocycles. The van der Waals surface area contributed by atoms with Crippen LogP contribution in [-0.2, 0) is 0 Å². The Morgan fingerprint density at radius 2 is 1.24 bits per heavy atom. The normalized spacial score (nSPS) is 12.0. The third-order valence-corrected chi connectivity index (χ3v) is 7.83. The number of fused-ring (bicyclic) bond motifs is 7. The first kappa shape index (κ1) is 12.4. The van der Waals surface area contributed by atoms with E-state index >= 15 is 0 Å². The number of hydrogen-bond acceptors (Lipinski definition) is 2. The molecule has 0 aliphatic carbocycles. The predicted molar refractivity (Wildman–Crippen MR) is 105 cm³/mol. The average Bonchev–Trinajstić information content (AvgIpc) is 3.06. The highest BCUT2D eigenvalue weighted by Crippen LogP contribution is 2.44. The largest absolute Gasteiger partial charge is 0.134 e. The Morgan fingerprint density at radius 3 is 2.14 bits per heavy atom. The van der Waals surface area contributed by atoms with Gasteiger partial charge in [-0.2, -0.15) is 0 Å². The number of rotatable bonds is 0. The van der Waals surface area contributed by atoms with Gasteiger partial charge in [0.2, 0.25) is 0 Å². The molecule has 0 atom stereocenters. The summed E-state index contributed by atoms with van der Waals surface area (Å²) in [6.07, 6.45) is 0. The first-order valence-electron chi connectivity index (χ1n) is 6.74. The highest BCUT2D eigenvalue weighted by atomic mass is 127. The van der Waals surface area contributed by atoms with Crippen molar-refractivity contribution in [3.8, 4) is 0 Å². The van der Waals surface area contributed by atoms with Crippen LogP contribution in [0.2, 0.25) is 0 Å². The number of halogens is 1. The molecule has 0 spiro atoms. The molecule has 0 aliphatic heterocycles. The molecule has 0 saturated heterocycles. The Hall–Kier alpha value is -1.17. The van der Waals surface area contributed by atoms with Crippen LogP contribution in [0.5, 0.6) is 0 Å². The highest BCUT2D eigenvalue weighted by Gasteiger charge is 2.13. The van der Waals surface area contributed by atoms with Crippen molar-refractivity contribution in [2.24, 2.45) is 0 Å². The van der Waals surface area contributed by atoms with Crippen LogP contribution in [0.3, 0.4) is 0 Å². The molecule has 2 heterocycles. The van der Waals surface area contributed by atoms with Gasteiger partial charge in [-0.25, -0.2) is 0 Å². The Morgan fingerprint density at radius 1 is 0.571 bits per heavy atom. The lowest BCUT2D eigenvalue weighted by atomic mass is 10.1. The number of hydrogen-bond donors (Lipinski definition) is 0. The molecule has 100 valence electrons. The summed E-state index contributed by atoms with van der Waals surface area (Å²) in [6, 6.07) is 19.9. The van der Waals surface area contributed by atoms with Crippen molar-refractivity contribution in [2.45, 2.75) is 0 Å². The van der Waals surface area contributed by atoms with Gasteiger partial charge in [0.25, 0.3) is 0 Å². The van der Waals surface area contributed by atoms with Crippen molar-refractivity contribution < 1.29 is 0 Å². The summed E-state index contributed by atoms with van der Waals surface area (Å²) < 4.78 is 7.02. The lowest BCUT2D eigenvalue weighted by Gasteiger charge is -1.94. The second-order valence-corrected chi connectivity index (χ2v) is 8.37. The molecule has 0 nitrogen and oxygen atoms in total. The molecule has 0 saturated carbocycles. The van der Waals surface area contributed by atoms with E-state index < -0.39 is 0 Å². The van der Waals surface area contributed by atoms with Crippen LogP contribution in [-0.4, -0.2) is 0 Å². The van der Waals surface area contributed by atoms with Crippen molar-refractivity contribution in [1.29, 1.82) is 0 Å². The summed E-state index contributed by atoms with van der Waals surface area (Å²) in [7, 11) is 0. The van der Waals surface area contributed by atoms with Gasteiger partial charge in [-0.3, -0.25) is 0 Å². The summed E-state index contributed by atoms with van der Waals surface area (Å²) in [5.74, 6) is 0. The molecular formula is C18H9IS2. The molecule has 5 rings (SSSR count). The van der Waals surface area contributed by atoms with Crippen molar-refractivity contribution in [3.63, 3.8) is 0 Å². The van der Waals surface area contributed by atoms with Crippen LogP contribution >= 0.6 is 45.3 Å². The van der Waals surface area contributed by atoms with E-state index in [-0.39, 0.29) is 0 Å². The molecule has 0 fully saturated rings. The fourth-order valence-electron chi connectivity index (χ4n) is 3.00. The van der Waals surface area contributed by atoms with E-state index in [2.05, 4.69) is 77.2 Å². The molecule has 0 aliphatic rings. The van der Waals surface area contributed by atoms with E-state index in [4.69, 9.17) is 0 Å². The standard InChI is InChI=1S/C18H9IS2/c19-14-6-3-5-11-13-9-8-12-10-4-1-2-7-15(10)20-17(12)18(13)21-16(11)14/h1-9H. The van der Waals surface area contributed by atoms with Crippen LogP contribution in [0, 0.1) is 3.57 Å². The van der Waals surface area contributed by atoms with Gasteiger partial charge in [-0.05, 0) is 34.7 Å². The van der Waals surface area contributed by atoms with E-state index in [0.717, 1.165) is 0 Å². The third kappa shape index (κ3) is 1.65. The Bertz CT molecular complexity index is 1150. The monoisotopic (exact) mass is 416 g/mol. The van der Waals surface area contributed by atoms with Crippen LogP contribution in [0.1, 0.15) is 0 Å². The average molecular weight is 416 g/mol. The summed E-state index contributed by atoms with van der Waals surface area (Å²) in [5, 5.41) is 5.56. The Balaban J connectivity index is 2.09. The SMILES string of the molecule is Ic1cccc2c1sc1c2ccc2c3ccccc3sc21. The lowest BCUT2D eigenvalue weighted by Crippen LogP contribution is -1.70. The quantitative estimate of drug-likeness (QED) is 0.238. The van der Waals surface area contributed by atoms with Crippen LogP contribution in [0.4, 0.5) is 0 Å². The molecular weight excluding hydrogens is 407 g/mol. The maximum absolute atomic E-state index is 2.44. The Labute approximate surface area is 143 Å². The van der Waals surface area contributed by atoms with Gasteiger partial charge in [-0.1, -0.05) is 42.5 Å². The van der Waals surface area contributed by atoms with E-state index in [1.807, 2.05) is 22.7 Å². The molecule has 0 amide bonds. The molecule has 0 N–H and O–H groups in total. The minimum Gasteiger partial charge on any atom is -0.134 e. The van der Waals surface area contributed by atoms with Crippen LogP contribution in [0.15, 0.2) is 54.6 Å². The first-order valence-corrected chi connectivity index (χ1v) is 9.45. The van der Waals surface area contributed by atoms with Gasteiger partial charge in [0.15, 0.2) is 0 Å². The van der Waals surface area contributed by atoms with Crippen LogP contribution in [0.25, 0.3) is 40.3 Å². The number of benzene rings is 3. The summed E-state index contributed by atoms with van der Waals surface area (Å²) in [5.41, 5.74) is 0. The van der Waals surface area contributed by atoms with Crippen molar-refractivity contribution in [1.82, 2.24) is 0 Å². The molecule has 2 aromatic heterocycles. The molecule has 0 bridgehead atoms. The molecule has 3 heteroatoms. The van der Waals surface area contributed by atoms with Crippen molar-refractivity contribution in [3.05, 3.63) is 58.2 Å². The summed E-state index contributed by atoms with van der Waals surface area (Å²) in [6.45, 7) is 0. The predicted octanol–water partition coefficient (Wildman–Crippen LogP) is 7.03. The smallest absolute Gasteiger partial charge is 0.0534 e. The van der Waals surface area contributed by atoms with Gasteiger partial charge in [0.1, 0.15) is 0 Å². The fraction of sp³-hybridized carbons (Fsp3) is 0. The van der Waals surface area contributed by atoms with Crippen molar-refractivity contribution >= 4 is 85.6 Å². The second kappa shape index (κ2) is 4.41. The van der Waals surface area contributed by atoms with Gasteiger partial charge in [0.05, 0.1) is 9.40 Å². The zero-order valence-electron chi connectivity index (χ0n) is 10.9. The van der Waals surface area contributed by atoms with Gasteiger partial charge in [-0.15, -0.1) is 22.7 Å². The van der Waals surface area contributed by atoms with Gasteiger partial charge < -0.3 is 0 Å². The van der Waals surface area contributed by atoms with Crippen molar-refractivity contribution in [2.75, 3.05) is 0 Å². The topological polar surface area (TPSA) is 0 Å². The number of thiophene rings is 2. The highest BCUT2D eigenvalue weighted by molar-refractivity contribution is 14.1. The zero-order valence-corrected chi connectivity index (χ0v) is 14.7. The van der Waals surface area contributed by atoms with Gasteiger partial charge >= 0.3 is 0 Å². The van der Waals surface area contributed by atoms with E-state index in [1.54, 1.807) is 0 Å². The van der Waals surface area contributed by atoms with E-state index in [0.29, 0.717) is 0 Å². The molecule has 0 unspecified atom stereocenters. The zero-order chi connectivity index (χ0) is 14.0. The lowest BCUT2D eigenvalue weighted by molar-refractivity contribution is 1.80. The third-order valence-electron chi connectivity index (χ3n) is 3.96. The second-order valence-electron chi connectivity index (χ2n) is 5.14. The maximum Gasteiger partial charge on any atom is 0.0534 e. The summed E-state index contributed by atoms with van der Waals surface area (Å²) >= 11 is 6.30. The molecule has 5 aromatic rings. The minimum atomic E-state index is 1.35.